The first-order valence-electron chi connectivity index (χ1n) is 4.05. The number of carbonyl (C=O) groups is 1. The van der Waals surface area contributed by atoms with E-state index in [-0.39, 0.29) is 6.09 Å². The Morgan fingerprint density at radius 1 is 1.38 bits per heavy atom. The quantitative estimate of drug-likeness (QED) is 0.660. The fraction of sp³-hybridized carbons (Fsp3) is 0.300. The van der Waals surface area contributed by atoms with Crippen molar-refractivity contribution in [1.82, 2.24) is 4.90 Å². The molecular weight excluding hydrogens is 166 g/mol. The van der Waals surface area contributed by atoms with Crippen LogP contribution >= 0.6 is 0 Å². The van der Waals surface area contributed by atoms with Crippen molar-refractivity contribution in [3.05, 3.63) is 29.8 Å². The largest absolute Gasteiger partial charge is 0.414 e. The lowest BCUT2D eigenvalue weighted by Crippen LogP contribution is -2.25. The van der Waals surface area contributed by atoms with Gasteiger partial charge < -0.3 is 9.64 Å². The van der Waals surface area contributed by atoms with Crippen LogP contribution in [0.15, 0.2) is 24.3 Å². The Morgan fingerprint density at radius 3 is 2.62 bits per heavy atom. The lowest BCUT2D eigenvalue weighted by Gasteiger charge is -2.10. The molecule has 3 heteroatoms. The van der Waals surface area contributed by atoms with Gasteiger partial charge in [0.1, 0.15) is 5.75 Å². The molecule has 0 radical (unpaired) electrons. The summed E-state index contributed by atoms with van der Waals surface area (Å²) < 4.78 is 5.04. The molecule has 3 nitrogen and oxygen atoms in total. The first kappa shape index (κ1) is 9.58. The third-order valence-corrected chi connectivity index (χ3v) is 1.56. The Labute approximate surface area is 77.9 Å². The molecule has 0 fully saturated rings. The van der Waals surface area contributed by atoms with E-state index in [2.05, 4.69) is 0 Å². The van der Waals surface area contributed by atoms with Crippen LogP contribution in [0.4, 0.5) is 4.79 Å². The highest BCUT2D eigenvalue weighted by Crippen LogP contribution is 2.12. The number of nitrogens with zero attached hydrogens (tertiary/aromatic N) is 1. The third kappa shape index (κ3) is 2.78. The van der Waals surface area contributed by atoms with Crippen LogP contribution in [0.25, 0.3) is 0 Å². The smallest absolute Gasteiger partial charge is 0.410 e. The zero-order valence-corrected chi connectivity index (χ0v) is 8.07. The van der Waals surface area contributed by atoms with Gasteiger partial charge in [0.15, 0.2) is 0 Å². The van der Waals surface area contributed by atoms with Crippen molar-refractivity contribution in [2.24, 2.45) is 0 Å². The zero-order valence-electron chi connectivity index (χ0n) is 8.07. The second-order valence-electron chi connectivity index (χ2n) is 3.08. The summed E-state index contributed by atoms with van der Waals surface area (Å²) in [6.07, 6.45) is -0.356. The van der Waals surface area contributed by atoms with Gasteiger partial charge in [0.2, 0.25) is 0 Å². The lowest BCUT2D eigenvalue weighted by atomic mass is 10.2. The molecule has 0 bridgehead atoms. The van der Waals surface area contributed by atoms with Gasteiger partial charge in [-0.1, -0.05) is 12.1 Å². The Hall–Kier alpha value is -1.51. The van der Waals surface area contributed by atoms with E-state index < -0.39 is 0 Å². The molecule has 0 heterocycles. The van der Waals surface area contributed by atoms with Crippen LogP contribution in [0, 0.1) is 6.92 Å². The summed E-state index contributed by atoms with van der Waals surface area (Å²) in [6.45, 7) is 1.95. The molecule has 0 N–H and O–H groups in total. The summed E-state index contributed by atoms with van der Waals surface area (Å²) >= 11 is 0. The first-order chi connectivity index (χ1) is 6.09. The van der Waals surface area contributed by atoms with Crippen LogP contribution < -0.4 is 4.74 Å². The fourth-order valence-electron chi connectivity index (χ4n) is 0.871. The molecule has 1 amide bonds. The molecule has 1 aromatic carbocycles. The Morgan fingerprint density at radius 2 is 2.08 bits per heavy atom. The molecule has 1 rings (SSSR count). The van der Waals surface area contributed by atoms with Crippen molar-refractivity contribution in [2.75, 3.05) is 14.1 Å². The van der Waals surface area contributed by atoms with Crippen molar-refractivity contribution >= 4 is 6.09 Å². The van der Waals surface area contributed by atoms with E-state index in [1.807, 2.05) is 25.1 Å². The van der Waals surface area contributed by atoms with Gasteiger partial charge in [-0.25, -0.2) is 4.79 Å². The molecule has 0 aromatic heterocycles. The summed E-state index contributed by atoms with van der Waals surface area (Å²) in [5.41, 5.74) is 1.07. The minimum Gasteiger partial charge on any atom is -0.410 e. The van der Waals surface area contributed by atoms with Gasteiger partial charge in [0.25, 0.3) is 0 Å². The lowest BCUT2D eigenvalue weighted by molar-refractivity contribution is 0.172. The molecule has 1 aromatic rings. The highest BCUT2D eigenvalue weighted by atomic mass is 16.6. The number of hydrogen-bond donors (Lipinski definition) is 0. The van der Waals surface area contributed by atoms with Crippen LogP contribution in [0.3, 0.4) is 0 Å². The van der Waals surface area contributed by atoms with Gasteiger partial charge in [0.05, 0.1) is 0 Å². The van der Waals surface area contributed by atoms with Crippen molar-refractivity contribution in [2.45, 2.75) is 6.92 Å². The minimum absolute atomic E-state index is 0.356. The maximum atomic E-state index is 11.1. The molecule has 70 valence electrons. The molecule has 13 heavy (non-hydrogen) atoms. The highest BCUT2D eigenvalue weighted by molar-refractivity contribution is 5.69. The maximum Gasteiger partial charge on any atom is 0.414 e. The van der Waals surface area contributed by atoms with Crippen molar-refractivity contribution in [1.29, 1.82) is 0 Å². The van der Waals surface area contributed by atoms with Crippen LogP contribution in [0.2, 0.25) is 0 Å². The normalized spacial score (nSPS) is 9.46. The average molecular weight is 179 g/mol. The van der Waals surface area contributed by atoms with E-state index in [1.165, 1.54) is 4.90 Å². The van der Waals surface area contributed by atoms with E-state index in [0.29, 0.717) is 5.75 Å². The standard InChI is InChI=1S/C10H13NO2/c1-8-5-4-6-9(7-8)13-10(12)11(2)3/h4-7H,1-3H3. The fourth-order valence-corrected chi connectivity index (χ4v) is 0.871. The topological polar surface area (TPSA) is 29.5 Å². The number of carbonyl (C=O) groups excluding carboxylic acids is 1. The summed E-state index contributed by atoms with van der Waals surface area (Å²) in [7, 11) is 3.30. The number of rotatable bonds is 1. The number of benzene rings is 1. The van der Waals surface area contributed by atoms with Crippen LogP contribution in [0.5, 0.6) is 5.75 Å². The van der Waals surface area contributed by atoms with Crippen LogP contribution in [0.1, 0.15) is 5.56 Å². The molecule has 0 aliphatic carbocycles. The SMILES string of the molecule is Cc1cccc(OC(=O)N(C)C)c1. The van der Waals surface area contributed by atoms with Crippen molar-refractivity contribution in [3.63, 3.8) is 0 Å². The van der Waals surface area contributed by atoms with Gasteiger partial charge in [-0.15, -0.1) is 0 Å². The Balaban J connectivity index is 2.69. The Kier molecular flexibility index (Phi) is 2.90. The van der Waals surface area contributed by atoms with E-state index in [0.717, 1.165) is 5.56 Å². The van der Waals surface area contributed by atoms with Gasteiger partial charge >= 0.3 is 6.09 Å². The van der Waals surface area contributed by atoms with Gasteiger partial charge in [-0.2, -0.15) is 0 Å². The van der Waals surface area contributed by atoms with Crippen molar-refractivity contribution in [3.8, 4) is 5.75 Å². The summed E-state index contributed by atoms with van der Waals surface area (Å²) in [4.78, 5) is 12.5. The predicted molar refractivity (Wildman–Crippen MR) is 50.9 cm³/mol. The van der Waals surface area contributed by atoms with Crippen molar-refractivity contribution < 1.29 is 9.53 Å². The number of aryl methyl sites for hydroxylation is 1. The average Bonchev–Trinajstić information content (AvgIpc) is 2.04. The van der Waals surface area contributed by atoms with Crippen LogP contribution in [-0.2, 0) is 0 Å². The first-order valence-corrected chi connectivity index (χ1v) is 4.05. The molecule has 0 aliphatic rings. The number of hydrogen-bond acceptors (Lipinski definition) is 2. The van der Waals surface area contributed by atoms with Crippen LogP contribution in [-0.4, -0.2) is 25.1 Å². The van der Waals surface area contributed by atoms with E-state index >= 15 is 0 Å². The minimum atomic E-state index is -0.356. The van der Waals surface area contributed by atoms with E-state index in [9.17, 15) is 4.79 Å². The predicted octanol–water partition coefficient (Wildman–Crippen LogP) is 2.06. The molecule has 0 spiro atoms. The summed E-state index contributed by atoms with van der Waals surface area (Å²) in [6, 6.07) is 7.39. The summed E-state index contributed by atoms with van der Waals surface area (Å²) in [5, 5.41) is 0. The van der Waals surface area contributed by atoms with Gasteiger partial charge in [-0.3, -0.25) is 0 Å². The molecule has 0 unspecified atom stereocenters. The van der Waals surface area contributed by atoms with Gasteiger partial charge in [0, 0.05) is 14.1 Å². The molecule has 0 saturated carbocycles. The number of amides is 1. The molecular formula is C10H13NO2. The van der Waals surface area contributed by atoms with E-state index in [4.69, 9.17) is 4.74 Å². The second-order valence-corrected chi connectivity index (χ2v) is 3.08. The Bertz CT molecular complexity index is 308. The number of ether oxygens (including phenoxy) is 1. The van der Waals surface area contributed by atoms with Gasteiger partial charge in [-0.05, 0) is 24.6 Å². The zero-order chi connectivity index (χ0) is 9.84. The maximum absolute atomic E-state index is 11.1. The monoisotopic (exact) mass is 179 g/mol. The highest BCUT2D eigenvalue weighted by Gasteiger charge is 2.05. The molecule has 0 aliphatic heterocycles. The third-order valence-electron chi connectivity index (χ3n) is 1.56. The summed E-state index contributed by atoms with van der Waals surface area (Å²) in [5.74, 6) is 0.582. The second kappa shape index (κ2) is 3.94. The van der Waals surface area contributed by atoms with E-state index in [1.54, 1.807) is 20.2 Å². The molecule has 0 atom stereocenters. The molecule has 0 saturated heterocycles.